The van der Waals surface area contributed by atoms with Gasteiger partial charge in [-0.1, -0.05) is 13.0 Å². The first-order valence-corrected chi connectivity index (χ1v) is 7.76. The second-order valence-corrected chi connectivity index (χ2v) is 5.70. The van der Waals surface area contributed by atoms with Crippen LogP contribution in [0.5, 0.6) is 0 Å². The van der Waals surface area contributed by atoms with Crippen molar-refractivity contribution < 1.29 is 9.18 Å². The Bertz CT molecular complexity index is 465. The highest BCUT2D eigenvalue weighted by Crippen LogP contribution is 2.24. The summed E-state index contributed by atoms with van der Waals surface area (Å²) in [4.78, 5) is 11.7. The molecule has 0 saturated carbocycles. The molecule has 0 spiro atoms. The predicted molar refractivity (Wildman–Crippen MR) is 78.1 cm³/mol. The van der Waals surface area contributed by atoms with Gasteiger partial charge >= 0.3 is 0 Å². The standard InChI is InChI=1S/C14H19FN2OS/c1-2-7-19-9-13(18)17-12-4-3-10-8-16-6-5-11(10)14(12)15/h3-4,16H,2,5-9H2,1H3,(H,17,18). The highest BCUT2D eigenvalue weighted by Gasteiger charge is 2.17. The molecule has 2 rings (SSSR count). The van der Waals surface area contributed by atoms with Crippen LogP contribution in [0.25, 0.3) is 0 Å². The van der Waals surface area contributed by atoms with Crippen LogP contribution in [0.15, 0.2) is 12.1 Å². The number of nitrogens with one attached hydrogen (secondary N) is 2. The lowest BCUT2D eigenvalue weighted by Gasteiger charge is -2.19. The molecule has 0 fully saturated rings. The van der Waals surface area contributed by atoms with Gasteiger partial charge in [0.25, 0.3) is 0 Å². The van der Waals surface area contributed by atoms with Gasteiger partial charge in [0, 0.05) is 6.54 Å². The van der Waals surface area contributed by atoms with E-state index in [2.05, 4.69) is 17.6 Å². The maximum absolute atomic E-state index is 14.3. The van der Waals surface area contributed by atoms with E-state index < -0.39 is 0 Å². The molecule has 0 bridgehead atoms. The van der Waals surface area contributed by atoms with Gasteiger partial charge in [0.05, 0.1) is 11.4 Å². The van der Waals surface area contributed by atoms with Crippen molar-refractivity contribution in [2.24, 2.45) is 0 Å². The van der Waals surface area contributed by atoms with Gasteiger partial charge in [-0.15, -0.1) is 0 Å². The molecule has 19 heavy (non-hydrogen) atoms. The zero-order chi connectivity index (χ0) is 13.7. The van der Waals surface area contributed by atoms with Gasteiger partial charge in [-0.05, 0) is 42.3 Å². The molecular weight excluding hydrogens is 263 g/mol. The minimum absolute atomic E-state index is 0.133. The maximum Gasteiger partial charge on any atom is 0.234 e. The second kappa shape index (κ2) is 6.91. The first kappa shape index (κ1) is 14.3. The summed E-state index contributed by atoms with van der Waals surface area (Å²) in [7, 11) is 0. The summed E-state index contributed by atoms with van der Waals surface area (Å²) in [5, 5.41) is 5.87. The monoisotopic (exact) mass is 282 g/mol. The Morgan fingerprint density at radius 3 is 3.16 bits per heavy atom. The summed E-state index contributed by atoms with van der Waals surface area (Å²) in [6, 6.07) is 3.54. The van der Waals surface area contributed by atoms with Crippen LogP contribution in [0, 0.1) is 5.82 Å². The normalized spacial score (nSPS) is 14.0. The topological polar surface area (TPSA) is 41.1 Å². The van der Waals surface area contributed by atoms with Gasteiger partial charge in [0.1, 0.15) is 5.82 Å². The predicted octanol–water partition coefficient (Wildman–Crippen LogP) is 2.55. The van der Waals surface area contributed by atoms with Crippen molar-refractivity contribution in [2.75, 3.05) is 23.4 Å². The van der Waals surface area contributed by atoms with Crippen molar-refractivity contribution in [3.63, 3.8) is 0 Å². The zero-order valence-corrected chi connectivity index (χ0v) is 11.9. The minimum Gasteiger partial charge on any atom is -0.323 e. The van der Waals surface area contributed by atoms with E-state index in [1.54, 1.807) is 17.8 Å². The highest BCUT2D eigenvalue weighted by atomic mass is 32.2. The van der Waals surface area contributed by atoms with Crippen molar-refractivity contribution in [2.45, 2.75) is 26.3 Å². The van der Waals surface area contributed by atoms with Crippen molar-refractivity contribution in [1.29, 1.82) is 0 Å². The van der Waals surface area contributed by atoms with E-state index in [1.807, 2.05) is 6.07 Å². The summed E-state index contributed by atoms with van der Waals surface area (Å²) in [5.74, 6) is 0.927. The quantitative estimate of drug-likeness (QED) is 0.816. The SMILES string of the molecule is CCCSCC(=O)Nc1ccc2c(c1F)CCNC2. The summed E-state index contributed by atoms with van der Waals surface area (Å²) < 4.78 is 14.3. The third-order valence-corrected chi connectivity index (χ3v) is 4.23. The lowest BCUT2D eigenvalue weighted by atomic mass is 9.99. The Balaban J connectivity index is 2.02. The number of anilines is 1. The number of rotatable bonds is 5. The second-order valence-electron chi connectivity index (χ2n) is 4.59. The van der Waals surface area contributed by atoms with Crippen LogP contribution in [0.1, 0.15) is 24.5 Å². The zero-order valence-electron chi connectivity index (χ0n) is 11.1. The fourth-order valence-electron chi connectivity index (χ4n) is 2.13. The molecule has 1 heterocycles. The smallest absolute Gasteiger partial charge is 0.234 e. The van der Waals surface area contributed by atoms with Crippen molar-refractivity contribution in [3.8, 4) is 0 Å². The van der Waals surface area contributed by atoms with E-state index >= 15 is 0 Å². The Kier molecular flexibility index (Phi) is 5.22. The number of benzene rings is 1. The third-order valence-electron chi connectivity index (χ3n) is 3.06. The van der Waals surface area contributed by atoms with Crippen molar-refractivity contribution in [3.05, 3.63) is 29.1 Å². The summed E-state index contributed by atoms with van der Waals surface area (Å²) in [5.41, 5.74) is 2.03. The number of fused-ring (bicyclic) bond motifs is 1. The van der Waals surface area contributed by atoms with Crippen LogP contribution < -0.4 is 10.6 Å². The van der Waals surface area contributed by atoms with Gasteiger partial charge < -0.3 is 10.6 Å². The fourth-order valence-corrected chi connectivity index (χ4v) is 2.82. The van der Waals surface area contributed by atoms with Gasteiger partial charge in [0.15, 0.2) is 0 Å². The van der Waals surface area contributed by atoms with E-state index in [0.717, 1.165) is 29.8 Å². The Hall–Kier alpha value is -1.07. The first-order valence-electron chi connectivity index (χ1n) is 6.61. The molecule has 0 atom stereocenters. The van der Waals surface area contributed by atoms with E-state index in [-0.39, 0.29) is 11.7 Å². The lowest BCUT2D eigenvalue weighted by molar-refractivity contribution is -0.113. The number of amides is 1. The van der Waals surface area contributed by atoms with Gasteiger partial charge in [-0.25, -0.2) is 4.39 Å². The fraction of sp³-hybridized carbons (Fsp3) is 0.500. The highest BCUT2D eigenvalue weighted by molar-refractivity contribution is 7.99. The van der Waals surface area contributed by atoms with E-state index in [9.17, 15) is 9.18 Å². The molecule has 1 aromatic rings. The lowest BCUT2D eigenvalue weighted by Crippen LogP contribution is -2.25. The van der Waals surface area contributed by atoms with Crippen molar-refractivity contribution >= 4 is 23.4 Å². The van der Waals surface area contributed by atoms with Crippen LogP contribution in [-0.2, 0) is 17.8 Å². The van der Waals surface area contributed by atoms with Crippen molar-refractivity contribution in [1.82, 2.24) is 5.32 Å². The maximum atomic E-state index is 14.3. The van der Waals surface area contributed by atoms with Gasteiger partial charge in [0.2, 0.25) is 5.91 Å². The van der Waals surface area contributed by atoms with Crippen LogP contribution >= 0.6 is 11.8 Å². The molecule has 0 unspecified atom stereocenters. The van der Waals surface area contributed by atoms with Gasteiger partial charge in [-0.2, -0.15) is 11.8 Å². The number of carbonyl (C=O) groups is 1. The number of halogens is 1. The molecular formula is C14H19FN2OS. The summed E-state index contributed by atoms with van der Waals surface area (Å²) in [6.07, 6.45) is 1.72. The van der Waals surface area contributed by atoms with E-state index in [4.69, 9.17) is 0 Å². The molecule has 5 heteroatoms. The Morgan fingerprint density at radius 1 is 1.53 bits per heavy atom. The molecule has 3 nitrogen and oxygen atoms in total. The number of carbonyl (C=O) groups excluding carboxylic acids is 1. The van der Waals surface area contributed by atoms with Crippen LogP contribution in [0.4, 0.5) is 10.1 Å². The minimum atomic E-state index is -0.271. The number of thioether (sulfide) groups is 1. The largest absolute Gasteiger partial charge is 0.323 e. The number of hydrogen-bond donors (Lipinski definition) is 2. The van der Waals surface area contributed by atoms with Crippen LogP contribution in [-0.4, -0.2) is 24.0 Å². The summed E-state index contributed by atoms with van der Waals surface area (Å²) in [6.45, 7) is 3.56. The number of hydrogen-bond acceptors (Lipinski definition) is 3. The average molecular weight is 282 g/mol. The molecule has 0 aliphatic carbocycles. The molecule has 1 aromatic carbocycles. The third kappa shape index (κ3) is 3.70. The molecule has 1 amide bonds. The molecule has 104 valence electrons. The summed E-state index contributed by atoms with van der Waals surface area (Å²) >= 11 is 1.57. The van der Waals surface area contributed by atoms with E-state index in [1.165, 1.54) is 0 Å². The molecule has 0 saturated heterocycles. The first-order chi connectivity index (χ1) is 9.22. The molecule has 1 aliphatic heterocycles. The molecule has 1 aliphatic rings. The molecule has 0 radical (unpaired) electrons. The molecule has 0 aromatic heterocycles. The van der Waals surface area contributed by atoms with Crippen LogP contribution in [0.3, 0.4) is 0 Å². The molecule has 2 N–H and O–H groups in total. The Morgan fingerprint density at radius 2 is 2.37 bits per heavy atom. The van der Waals surface area contributed by atoms with Gasteiger partial charge in [-0.3, -0.25) is 4.79 Å². The Labute approximate surface area is 117 Å². The van der Waals surface area contributed by atoms with Crippen LogP contribution in [0.2, 0.25) is 0 Å². The average Bonchev–Trinajstić information content (AvgIpc) is 2.43. The van der Waals surface area contributed by atoms with E-state index in [0.29, 0.717) is 24.4 Å².